The number of carbonyl (C=O) groups excluding carboxylic acids is 1. The Bertz CT molecular complexity index is 1370. The summed E-state index contributed by atoms with van der Waals surface area (Å²) in [5.41, 5.74) is 3.01. The first-order valence-corrected chi connectivity index (χ1v) is 14.0. The minimum atomic E-state index is -4.11. The molecule has 1 amide bonds. The number of sulfonamides is 1. The molecule has 0 aromatic heterocycles. The molecule has 3 aromatic carbocycles. The average molecular weight is 565 g/mol. The maximum Gasteiger partial charge on any atom is 0.243 e. The molecule has 0 atom stereocenters. The van der Waals surface area contributed by atoms with Crippen LogP contribution in [0.15, 0.2) is 65.6 Å². The highest BCUT2D eigenvalue weighted by Gasteiger charge is 2.31. The average Bonchev–Trinajstić information content (AvgIpc) is 2.87. The predicted molar refractivity (Wildman–Crippen MR) is 145 cm³/mol. The maximum absolute atomic E-state index is 14.6. The summed E-state index contributed by atoms with van der Waals surface area (Å²) in [4.78, 5) is 17.1. The Balaban J connectivity index is 1.54. The zero-order valence-electron chi connectivity index (χ0n) is 20.6. The summed E-state index contributed by atoms with van der Waals surface area (Å²) in [5.74, 6) is -0.986. The number of hydrogen-bond acceptors (Lipinski definition) is 4. The van der Waals surface area contributed by atoms with Gasteiger partial charge in [0, 0.05) is 54.0 Å². The SMILES string of the molecule is Cc1ccc(S(=O)(=O)N(CC(=O)N2CCN(c3cc(Cl)ccc3C)CC2)Cc2c(F)cccc2Cl)cc1. The molecule has 1 fully saturated rings. The molecule has 0 bridgehead atoms. The highest BCUT2D eigenvalue weighted by atomic mass is 35.5. The monoisotopic (exact) mass is 563 g/mol. The van der Waals surface area contributed by atoms with Crippen molar-refractivity contribution in [3.63, 3.8) is 0 Å². The number of rotatable bonds is 7. The summed E-state index contributed by atoms with van der Waals surface area (Å²) in [6.07, 6.45) is 0. The third kappa shape index (κ3) is 6.26. The van der Waals surface area contributed by atoms with E-state index >= 15 is 0 Å². The van der Waals surface area contributed by atoms with Gasteiger partial charge in [-0.05, 0) is 55.8 Å². The lowest BCUT2D eigenvalue weighted by atomic mass is 10.1. The van der Waals surface area contributed by atoms with E-state index < -0.39 is 22.4 Å². The van der Waals surface area contributed by atoms with Crippen molar-refractivity contribution in [2.45, 2.75) is 25.3 Å². The van der Waals surface area contributed by atoms with Gasteiger partial charge in [0.05, 0.1) is 11.4 Å². The van der Waals surface area contributed by atoms with Crippen LogP contribution in [-0.2, 0) is 21.4 Å². The Kier molecular flexibility index (Phi) is 8.43. The molecule has 10 heteroatoms. The highest BCUT2D eigenvalue weighted by Crippen LogP contribution is 2.27. The molecule has 1 aliphatic heterocycles. The summed E-state index contributed by atoms with van der Waals surface area (Å²) in [6, 6.07) is 16.2. The number of carbonyl (C=O) groups is 1. The Labute approximate surface area is 227 Å². The van der Waals surface area contributed by atoms with Crippen molar-refractivity contribution in [2.75, 3.05) is 37.6 Å². The zero-order chi connectivity index (χ0) is 26.7. The first-order valence-electron chi connectivity index (χ1n) is 11.8. The number of benzene rings is 3. The standard InChI is InChI=1S/C27H28Cl2FN3O3S/c1-19-6-10-22(11-7-19)37(35,36)33(17-23-24(29)4-3-5-25(23)30)18-27(34)32-14-12-31(13-15-32)26-16-21(28)9-8-20(26)2/h3-11,16H,12-15,17-18H2,1-2H3. The van der Waals surface area contributed by atoms with Gasteiger partial charge in [-0.25, -0.2) is 12.8 Å². The summed E-state index contributed by atoms with van der Waals surface area (Å²) in [6.45, 7) is 5.05. The van der Waals surface area contributed by atoms with Crippen molar-refractivity contribution in [2.24, 2.45) is 0 Å². The number of piperazine rings is 1. The van der Waals surface area contributed by atoms with E-state index in [9.17, 15) is 17.6 Å². The minimum absolute atomic E-state index is 0.0221. The fourth-order valence-corrected chi connectivity index (χ4v) is 6.06. The molecule has 4 rings (SSSR count). The molecule has 196 valence electrons. The van der Waals surface area contributed by atoms with Gasteiger partial charge in [-0.15, -0.1) is 0 Å². The van der Waals surface area contributed by atoms with Gasteiger partial charge >= 0.3 is 0 Å². The fraction of sp³-hybridized carbons (Fsp3) is 0.296. The maximum atomic E-state index is 14.6. The van der Waals surface area contributed by atoms with Gasteiger partial charge < -0.3 is 9.80 Å². The summed E-state index contributed by atoms with van der Waals surface area (Å²) >= 11 is 12.4. The second kappa shape index (κ2) is 11.4. The molecular formula is C27H28Cl2FN3O3S. The molecule has 1 heterocycles. The summed E-state index contributed by atoms with van der Waals surface area (Å²) < 4.78 is 42.7. The van der Waals surface area contributed by atoms with Gasteiger partial charge in [0.2, 0.25) is 15.9 Å². The molecule has 1 aliphatic rings. The quantitative estimate of drug-likeness (QED) is 0.392. The van der Waals surface area contributed by atoms with E-state index in [0.717, 1.165) is 21.1 Å². The van der Waals surface area contributed by atoms with Gasteiger partial charge in [0.15, 0.2) is 0 Å². The van der Waals surface area contributed by atoms with Gasteiger partial charge in [-0.1, -0.05) is 53.0 Å². The third-order valence-corrected chi connectivity index (χ3v) is 8.91. The van der Waals surface area contributed by atoms with Gasteiger partial charge in [0.25, 0.3) is 0 Å². The minimum Gasteiger partial charge on any atom is -0.368 e. The van der Waals surface area contributed by atoms with Crippen molar-refractivity contribution >= 4 is 44.8 Å². The Morgan fingerprint density at radius 1 is 0.973 bits per heavy atom. The lowest BCUT2D eigenvalue weighted by Gasteiger charge is -2.37. The lowest BCUT2D eigenvalue weighted by Crippen LogP contribution is -2.52. The van der Waals surface area contributed by atoms with Crippen LogP contribution in [-0.4, -0.2) is 56.3 Å². The first-order chi connectivity index (χ1) is 17.6. The van der Waals surface area contributed by atoms with E-state index in [-0.39, 0.29) is 27.9 Å². The second-order valence-corrected chi connectivity index (χ2v) is 11.9. The van der Waals surface area contributed by atoms with Crippen LogP contribution >= 0.6 is 23.2 Å². The van der Waals surface area contributed by atoms with Crippen LogP contribution < -0.4 is 4.90 Å². The Morgan fingerprint density at radius 3 is 2.30 bits per heavy atom. The first kappa shape index (κ1) is 27.4. The zero-order valence-corrected chi connectivity index (χ0v) is 23.0. The second-order valence-electron chi connectivity index (χ2n) is 9.09. The van der Waals surface area contributed by atoms with E-state index in [4.69, 9.17) is 23.2 Å². The molecule has 0 aliphatic carbocycles. The van der Waals surface area contributed by atoms with Gasteiger partial charge in [-0.3, -0.25) is 4.79 Å². The van der Waals surface area contributed by atoms with Gasteiger partial charge in [-0.2, -0.15) is 4.31 Å². The van der Waals surface area contributed by atoms with E-state index in [2.05, 4.69) is 4.90 Å². The smallest absolute Gasteiger partial charge is 0.243 e. The van der Waals surface area contributed by atoms with E-state index in [0.29, 0.717) is 31.2 Å². The molecule has 0 unspecified atom stereocenters. The molecule has 0 radical (unpaired) electrons. The number of hydrogen-bond donors (Lipinski definition) is 0. The fourth-order valence-electron chi connectivity index (χ4n) is 4.32. The van der Waals surface area contributed by atoms with Crippen LogP contribution in [0.1, 0.15) is 16.7 Å². The summed E-state index contributed by atoms with van der Waals surface area (Å²) in [5, 5.41) is 0.741. The van der Waals surface area contributed by atoms with Crippen LogP contribution in [0.25, 0.3) is 0 Å². The van der Waals surface area contributed by atoms with Crippen molar-refractivity contribution in [1.82, 2.24) is 9.21 Å². The molecule has 0 spiro atoms. The largest absolute Gasteiger partial charge is 0.368 e. The third-order valence-electron chi connectivity index (χ3n) is 6.51. The highest BCUT2D eigenvalue weighted by molar-refractivity contribution is 7.89. The van der Waals surface area contributed by atoms with E-state index in [1.807, 2.05) is 32.0 Å². The Hall–Kier alpha value is -2.65. The number of halogens is 3. The molecule has 1 saturated heterocycles. The number of amides is 1. The van der Waals surface area contributed by atoms with Crippen molar-refractivity contribution < 1.29 is 17.6 Å². The molecule has 37 heavy (non-hydrogen) atoms. The topological polar surface area (TPSA) is 60.9 Å². The van der Waals surface area contributed by atoms with Crippen molar-refractivity contribution in [3.05, 3.63) is 93.2 Å². The van der Waals surface area contributed by atoms with Crippen LogP contribution in [0.2, 0.25) is 10.0 Å². The van der Waals surface area contributed by atoms with Crippen molar-refractivity contribution in [3.8, 4) is 0 Å². The molecular weight excluding hydrogens is 536 g/mol. The van der Waals surface area contributed by atoms with Crippen LogP contribution in [0.4, 0.5) is 10.1 Å². The predicted octanol–water partition coefficient (Wildman–Crippen LogP) is 5.29. The molecule has 0 N–H and O–H groups in total. The molecule has 0 saturated carbocycles. The molecule has 3 aromatic rings. The molecule has 6 nitrogen and oxygen atoms in total. The Morgan fingerprint density at radius 2 is 1.65 bits per heavy atom. The van der Waals surface area contributed by atoms with Crippen molar-refractivity contribution in [1.29, 1.82) is 0 Å². The van der Waals surface area contributed by atoms with Gasteiger partial charge in [0.1, 0.15) is 5.82 Å². The number of aryl methyl sites for hydroxylation is 2. The summed E-state index contributed by atoms with van der Waals surface area (Å²) in [7, 11) is -4.11. The van der Waals surface area contributed by atoms with Crippen LogP contribution in [0, 0.1) is 19.7 Å². The number of nitrogens with zero attached hydrogens (tertiary/aromatic N) is 3. The van der Waals surface area contributed by atoms with E-state index in [1.54, 1.807) is 17.0 Å². The van der Waals surface area contributed by atoms with Crippen LogP contribution in [0.3, 0.4) is 0 Å². The lowest BCUT2D eigenvalue weighted by molar-refractivity contribution is -0.131. The normalized spacial score (nSPS) is 14.3. The van der Waals surface area contributed by atoms with Crippen LogP contribution in [0.5, 0.6) is 0 Å². The number of anilines is 1. The van der Waals surface area contributed by atoms with E-state index in [1.165, 1.54) is 30.3 Å².